The van der Waals surface area contributed by atoms with Crippen molar-refractivity contribution in [3.63, 3.8) is 0 Å². The zero-order valence-corrected chi connectivity index (χ0v) is 33.0. The number of aliphatic hydroxyl groups is 1. The number of nitrogens with one attached hydrogen (secondary N) is 5. The highest BCUT2D eigenvalue weighted by Crippen LogP contribution is 2.16. The highest BCUT2D eigenvalue weighted by molar-refractivity contribution is 5.96. The predicted octanol–water partition coefficient (Wildman–Crippen LogP) is -4.25. The number of hydrogen-bond acceptors (Lipinski definition) is 12. The first-order chi connectivity index (χ1) is 27.1. The molecule has 16 N–H and O–H groups in total. The SMILES string of the molecule is CC(C)C(NC(=O)C(NC(=O)C(Cc1ccc(O)cc1)NC(=O)C(N)CCCN=C(N)N)C(C)O)C(=O)NC(CCC(=O)O)C(=O)NC1CC(=O)N(C(C)C(N)=O)C1. The number of carboxylic acid groups (broad SMARTS) is 1. The third-order valence-corrected chi connectivity index (χ3v) is 9.29. The lowest BCUT2D eigenvalue weighted by atomic mass is 10.00. The number of carbonyl (C=O) groups excluding carboxylic acids is 7. The average Bonchev–Trinajstić information content (AvgIpc) is 3.51. The molecule has 0 radical (unpaired) electrons. The molecule has 1 heterocycles. The number of aromatic hydroxyl groups is 1. The lowest BCUT2D eigenvalue weighted by Crippen LogP contribution is -2.62. The fourth-order valence-corrected chi connectivity index (χ4v) is 5.90. The van der Waals surface area contributed by atoms with E-state index in [4.69, 9.17) is 22.9 Å². The summed E-state index contributed by atoms with van der Waals surface area (Å²) in [6, 6.07) is -2.86. The molecule has 1 aromatic rings. The Morgan fingerprint density at radius 2 is 1.41 bits per heavy atom. The summed E-state index contributed by atoms with van der Waals surface area (Å²) in [7, 11) is 0. The molecule has 1 saturated heterocycles. The number of nitrogens with two attached hydrogens (primary N) is 4. The van der Waals surface area contributed by atoms with Crippen molar-refractivity contribution >= 4 is 53.3 Å². The summed E-state index contributed by atoms with van der Waals surface area (Å²) in [6.07, 6.45) is -2.24. The van der Waals surface area contributed by atoms with E-state index in [2.05, 4.69) is 31.6 Å². The monoisotopic (exact) mass is 819 g/mol. The first-order valence-corrected chi connectivity index (χ1v) is 18.7. The third-order valence-electron chi connectivity index (χ3n) is 9.29. The Balaban J connectivity index is 2.24. The molecule has 0 spiro atoms. The standard InChI is InChI=1S/C36H57N11O11/c1-17(2)28(34(57)43-24(11-12-27(51)52)32(55)42-21-15-26(50)47(16-21)18(3)30(38)53)45-35(58)29(19(4)48)46-33(56)25(14-20-7-9-22(49)10-8-20)44-31(54)23(37)6-5-13-41-36(39)40/h7-10,17-19,21,23-25,28-29,48-49H,5-6,11-16,37H2,1-4H3,(H2,38,53)(H,42,55)(H,43,57)(H,44,54)(H,45,58)(H,46,56)(H,51,52)(H4,39,40,41). The molecule has 22 nitrogen and oxygen atoms in total. The van der Waals surface area contributed by atoms with E-state index < -0.39 is 108 Å². The van der Waals surface area contributed by atoms with E-state index >= 15 is 0 Å². The van der Waals surface area contributed by atoms with Crippen molar-refractivity contribution in [3.8, 4) is 5.75 Å². The highest BCUT2D eigenvalue weighted by atomic mass is 16.4. The number of phenols is 1. The van der Waals surface area contributed by atoms with Crippen LogP contribution in [-0.2, 0) is 44.8 Å². The minimum absolute atomic E-state index is 0.0478. The maximum atomic E-state index is 13.7. The lowest BCUT2D eigenvalue weighted by Gasteiger charge is -2.29. The Kier molecular flexibility index (Phi) is 18.8. The second-order valence-corrected chi connectivity index (χ2v) is 14.5. The van der Waals surface area contributed by atoms with Gasteiger partial charge in [-0.2, -0.15) is 0 Å². The fraction of sp³-hybridized carbons (Fsp3) is 0.583. The van der Waals surface area contributed by atoms with Gasteiger partial charge in [0.2, 0.25) is 41.4 Å². The summed E-state index contributed by atoms with van der Waals surface area (Å²) in [5, 5.41) is 42.2. The van der Waals surface area contributed by atoms with Gasteiger partial charge in [0.25, 0.3) is 0 Å². The first-order valence-electron chi connectivity index (χ1n) is 18.7. The maximum absolute atomic E-state index is 13.7. The smallest absolute Gasteiger partial charge is 0.303 e. The van der Waals surface area contributed by atoms with E-state index in [1.54, 1.807) is 13.8 Å². The van der Waals surface area contributed by atoms with Crippen LogP contribution in [0.4, 0.5) is 0 Å². The van der Waals surface area contributed by atoms with E-state index in [0.717, 1.165) is 0 Å². The van der Waals surface area contributed by atoms with Crippen LogP contribution < -0.4 is 49.5 Å². The molecule has 0 bridgehead atoms. The second-order valence-electron chi connectivity index (χ2n) is 14.5. The minimum atomic E-state index is -1.68. The van der Waals surface area contributed by atoms with Crippen LogP contribution in [0, 0.1) is 5.92 Å². The van der Waals surface area contributed by atoms with Crippen molar-refractivity contribution in [3.05, 3.63) is 29.8 Å². The van der Waals surface area contributed by atoms with Crippen LogP contribution in [0.3, 0.4) is 0 Å². The number of nitrogens with zero attached hydrogens (tertiary/aromatic N) is 2. The minimum Gasteiger partial charge on any atom is -0.508 e. The van der Waals surface area contributed by atoms with E-state index in [0.29, 0.717) is 12.0 Å². The molecule has 1 aliphatic heterocycles. The summed E-state index contributed by atoms with van der Waals surface area (Å²) in [4.78, 5) is 108. The Bertz CT molecular complexity index is 1670. The number of hydrogen-bond donors (Lipinski definition) is 12. The molecular formula is C36H57N11O11. The summed E-state index contributed by atoms with van der Waals surface area (Å²) < 4.78 is 0. The molecule has 1 aliphatic rings. The van der Waals surface area contributed by atoms with Gasteiger partial charge in [-0.05, 0) is 56.7 Å². The Morgan fingerprint density at radius 1 is 0.828 bits per heavy atom. The van der Waals surface area contributed by atoms with Gasteiger partial charge in [0.15, 0.2) is 5.96 Å². The van der Waals surface area contributed by atoms with Crippen LogP contribution >= 0.6 is 0 Å². The average molecular weight is 820 g/mol. The van der Waals surface area contributed by atoms with E-state index in [1.807, 2.05) is 0 Å². The van der Waals surface area contributed by atoms with Gasteiger partial charge in [-0.15, -0.1) is 0 Å². The largest absolute Gasteiger partial charge is 0.508 e. The van der Waals surface area contributed by atoms with E-state index in [1.165, 1.54) is 43.0 Å². The molecule has 1 fully saturated rings. The topological polar surface area (TPSA) is 377 Å². The fourth-order valence-electron chi connectivity index (χ4n) is 5.90. The number of phenolic OH excluding ortho intramolecular Hbond substituents is 1. The maximum Gasteiger partial charge on any atom is 0.303 e. The normalized spacial score (nSPS) is 17.4. The van der Waals surface area contributed by atoms with Gasteiger partial charge in [-0.1, -0.05) is 26.0 Å². The van der Waals surface area contributed by atoms with Crippen molar-refractivity contribution in [2.45, 2.75) is 115 Å². The van der Waals surface area contributed by atoms with Gasteiger partial charge < -0.3 is 69.7 Å². The summed E-state index contributed by atoms with van der Waals surface area (Å²) in [5.41, 5.74) is 22.5. The number of likely N-dealkylation sites (tertiary alicyclic amines) is 1. The van der Waals surface area contributed by atoms with Crippen LogP contribution in [0.5, 0.6) is 5.75 Å². The van der Waals surface area contributed by atoms with Crippen molar-refractivity contribution in [1.82, 2.24) is 31.5 Å². The zero-order valence-electron chi connectivity index (χ0n) is 33.0. The van der Waals surface area contributed by atoms with Crippen molar-refractivity contribution in [2.24, 2.45) is 33.8 Å². The number of aliphatic carboxylic acids is 1. The van der Waals surface area contributed by atoms with Gasteiger partial charge in [-0.25, -0.2) is 0 Å². The number of carbonyl (C=O) groups is 8. The number of aliphatic hydroxyl groups excluding tert-OH is 1. The first kappa shape index (κ1) is 48.1. The van der Waals surface area contributed by atoms with Crippen LogP contribution in [-0.4, -0.2) is 135 Å². The Labute approximate surface area is 335 Å². The highest BCUT2D eigenvalue weighted by Gasteiger charge is 2.38. The number of benzene rings is 1. The predicted molar refractivity (Wildman–Crippen MR) is 208 cm³/mol. The van der Waals surface area contributed by atoms with Crippen LogP contribution in [0.2, 0.25) is 0 Å². The van der Waals surface area contributed by atoms with Gasteiger partial charge in [0.05, 0.1) is 18.2 Å². The van der Waals surface area contributed by atoms with Gasteiger partial charge in [0.1, 0.15) is 36.0 Å². The van der Waals surface area contributed by atoms with Crippen LogP contribution in [0.25, 0.3) is 0 Å². The quantitative estimate of drug-likeness (QED) is 0.0283. The Morgan fingerprint density at radius 3 is 1.97 bits per heavy atom. The summed E-state index contributed by atoms with van der Waals surface area (Å²) >= 11 is 0. The Hall–Kier alpha value is -6.03. The number of amides is 7. The molecule has 0 aliphatic carbocycles. The van der Waals surface area contributed by atoms with Crippen LogP contribution in [0.15, 0.2) is 29.3 Å². The third kappa shape index (κ3) is 15.5. The van der Waals surface area contributed by atoms with Gasteiger partial charge in [0, 0.05) is 32.4 Å². The molecule has 322 valence electrons. The number of primary amides is 1. The zero-order chi connectivity index (χ0) is 43.9. The van der Waals surface area contributed by atoms with E-state index in [-0.39, 0.29) is 50.5 Å². The van der Waals surface area contributed by atoms with Crippen LogP contribution in [0.1, 0.15) is 65.4 Å². The molecule has 58 heavy (non-hydrogen) atoms. The number of guanidine groups is 1. The summed E-state index contributed by atoms with van der Waals surface area (Å²) in [6.45, 7) is 5.92. The van der Waals surface area contributed by atoms with Gasteiger partial charge >= 0.3 is 5.97 Å². The van der Waals surface area contributed by atoms with Crippen molar-refractivity contribution < 1.29 is 53.7 Å². The number of carboxylic acids is 1. The van der Waals surface area contributed by atoms with E-state index in [9.17, 15) is 53.7 Å². The van der Waals surface area contributed by atoms with Crippen molar-refractivity contribution in [2.75, 3.05) is 13.1 Å². The number of rotatable bonds is 23. The molecule has 22 heteroatoms. The summed E-state index contributed by atoms with van der Waals surface area (Å²) in [5.74, 6) is -7.63. The molecule has 1 aromatic carbocycles. The second kappa shape index (κ2) is 22.6. The lowest BCUT2D eigenvalue weighted by molar-refractivity contribution is -0.138. The molecule has 8 unspecified atom stereocenters. The van der Waals surface area contributed by atoms with Crippen molar-refractivity contribution in [1.29, 1.82) is 0 Å². The molecular weight excluding hydrogens is 762 g/mol. The number of aliphatic imine (C=N–C) groups is 1. The van der Waals surface area contributed by atoms with Gasteiger partial charge in [-0.3, -0.25) is 43.3 Å². The molecule has 0 aromatic heterocycles. The molecule has 8 atom stereocenters. The molecule has 2 rings (SSSR count). The molecule has 7 amide bonds. The molecule has 0 saturated carbocycles.